The number of pyridine rings is 1. The van der Waals surface area contributed by atoms with Crippen molar-refractivity contribution in [3.8, 4) is 11.5 Å². The number of nitrogens with zero attached hydrogens (tertiary/aromatic N) is 4. The van der Waals surface area contributed by atoms with Gasteiger partial charge in [0, 0.05) is 41.9 Å². The third-order valence-corrected chi connectivity index (χ3v) is 4.52. The van der Waals surface area contributed by atoms with Crippen molar-refractivity contribution in [3.05, 3.63) is 59.1 Å². The molecule has 26 heavy (non-hydrogen) atoms. The Morgan fingerprint density at radius 3 is 2.96 bits per heavy atom. The van der Waals surface area contributed by atoms with Gasteiger partial charge in [0.2, 0.25) is 0 Å². The van der Waals surface area contributed by atoms with Crippen LogP contribution in [-0.2, 0) is 13.5 Å². The number of rotatable bonds is 5. The molecule has 0 aliphatic heterocycles. The summed E-state index contributed by atoms with van der Waals surface area (Å²) in [5.41, 5.74) is 3.20. The summed E-state index contributed by atoms with van der Waals surface area (Å²) in [4.78, 5) is 8.70. The molecule has 4 rings (SSSR count). The molecule has 1 aromatic carbocycles. The summed E-state index contributed by atoms with van der Waals surface area (Å²) in [5.74, 6) is 1.81. The predicted octanol–water partition coefficient (Wildman–Crippen LogP) is 4.24. The zero-order valence-corrected chi connectivity index (χ0v) is 15.3. The van der Waals surface area contributed by atoms with E-state index in [1.54, 1.807) is 13.1 Å². The highest BCUT2D eigenvalue weighted by Gasteiger charge is 2.13. The Bertz CT molecular complexity index is 1070. The van der Waals surface area contributed by atoms with E-state index in [2.05, 4.69) is 37.3 Å². The van der Waals surface area contributed by atoms with Gasteiger partial charge in [0.1, 0.15) is 5.82 Å². The Labute approximate surface area is 155 Å². The Morgan fingerprint density at radius 2 is 2.15 bits per heavy atom. The summed E-state index contributed by atoms with van der Waals surface area (Å²) in [7, 11) is 2.03. The molecule has 0 saturated carbocycles. The number of nitrogens with one attached hydrogen (secondary N) is 1. The molecule has 7 heteroatoms. The van der Waals surface area contributed by atoms with E-state index in [0.717, 1.165) is 34.9 Å². The molecule has 0 amide bonds. The minimum absolute atomic E-state index is 0.470. The topological polar surface area (TPSA) is 68.8 Å². The fraction of sp³-hybridized carbons (Fsp3) is 0.211. The van der Waals surface area contributed by atoms with Crippen molar-refractivity contribution in [1.82, 2.24) is 19.7 Å². The number of benzene rings is 1. The lowest BCUT2D eigenvalue weighted by Gasteiger charge is -2.08. The predicted molar refractivity (Wildman–Crippen MR) is 102 cm³/mol. The van der Waals surface area contributed by atoms with Crippen LogP contribution in [-0.4, -0.2) is 26.2 Å². The number of aromatic nitrogens is 4. The fourth-order valence-corrected chi connectivity index (χ4v) is 3.25. The van der Waals surface area contributed by atoms with Gasteiger partial charge in [-0.2, -0.15) is 4.98 Å². The van der Waals surface area contributed by atoms with Gasteiger partial charge in [0.05, 0.1) is 5.56 Å². The van der Waals surface area contributed by atoms with Gasteiger partial charge in [-0.3, -0.25) is 0 Å². The second kappa shape index (κ2) is 6.80. The molecule has 4 aromatic rings. The highest BCUT2D eigenvalue weighted by atomic mass is 35.5. The van der Waals surface area contributed by atoms with Crippen LogP contribution in [0, 0.1) is 6.92 Å². The van der Waals surface area contributed by atoms with Gasteiger partial charge < -0.3 is 14.4 Å². The van der Waals surface area contributed by atoms with Crippen molar-refractivity contribution in [2.75, 3.05) is 11.9 Å². The maximum absolute atomic E-state index is 6.11. The lowest BCUT2D eigenvalue weighted by molar-refractivity contribution is 0.425. The van der Waals surface area contributed by atoms with Crippen molar-refractivity contribution < 1.29 is 4.52 Å². The first kappa shape index (κ1) is 16.6. The number of hydrogen-bond donors (Lipinski definition) is 1. The van der Waals surface area contributed by atoms with Crippen LogP contribution < -0.4 is 5.32 Å². The average Bonchev–Trinajstić information content (AvgIpc) is 3.19. The lowest BCUT2D eigenvalue weighted by Crippen LogP contribution is -2.07. The molecule has 3 aromatic heterocycles. The van der Waals surface area contributed by atoms with Crippen LogP contribution >= 0.6 is 11.6 Å². The third kappa shape index (κ3) is 3.15. The van der Waals surface area contributed by atoms with Gasteiger partial charge in [-0.05, 0) is 43.2 Å². The fourth-order valence-electron chi connectivity index (χ4n) is 3.08. The molecule has 0 spiro atoms. The second-order valence-electron chi connectivity index (χ2n) is 6.15. The molecule has 0 aliphatic carbocycles. The Balaban J connectivity index is 1.53. The van der Waals surface area contributed by atoms with Crippen LogP contribution in [0.3, 0.4) is 0 Å². The number of hydrogen-bond acceptors (Lipinski definition) is 5. The highest BCUT2D eigenvalue weighted by Crippen LogP contribution is 2.26. The molecule has 0 unspecified atom stereocenters. The monoisotopic (exact) mass is 367 g/mol. The summed E-state index contributed by atoms with van der Waals surface area (Å²) in [6.45, 7) is 2.53. The maximum atomic E-state index is 6.11. The number of halogens is 1. The molecule has 0 bridgehead atoms. The highest BCUT2D eigenvalue weighted by molar-refractivity contribution is 6.31. The van der Waals surface area contributed by atoms with Crippen LogP contribution in [0.4, 0.5) is 5.82 Å². The quantitative estimate of drug-likeness (QED) is 0.571. The van der Waals surface area contributed by atoms with Crippen molar-refractivity contribution >= 4 is 28.3 Å². The van der Waals surface area contributed by atoms with E-state index < -0.39 is 0 Å². The van der Waals surface area contributed by atoms with E-state index in [-0.39, 0.29) is 0 Å². The zero-order chi connectivity index (χ0) is 18.1. The van der Waals surface area contributed by atoms with Crippen LogP contribution in [0.1, 0.15) is 11.4 Å². The Morgan fingerprint density at radius 1 is 1.27 bits per heavy atom. The molecule has 0 radical (unpaired) electrons. The summed E-state index contributed by atoms with van der Waals surface area (Å²) >= 11 is 6.11. The molecular weight excluding hydrogens is 350 g/mol. The first-order valence-electron chi connectivity index (χ1n) is 8.35. The van der Waals surface area contributed by atoms with Gasteiger partial charge in [-0.1, -0.05) is 22.8 Å². The molecule has 132 valence electrons. The molecule has 0 atom stereocenters. The maximum Gasteiger partial charge on any atom is 0.261 e. The normalized spacial score (nSPS) is 11.2. The van der Waals surface area contributed by atoms with Crippen molar-refractivity contribution in [2.45, 2.75) is 13.3 Å². The van der Waals surface area contributed by atoms with E-state index in [1.165, 1.54) is 10.9 Å². The average molecular weight is 368 g/mol. The molecule has 0 saturated heterocycles. The summed E-state index contributed by atoms with van der Waals surface area (Å²) in [5, 5.41) is 9.19. The summed E-state index contributed by atoms with van der Waals surface area (Å²) in [6, 6.07) is 9.76. The summed E-state index contributed by atoms with van der Waals surface area (Å²) in [6.07, 6.45) is 4.75. The van der Waals surface area contributed by atoms with Gasteiger partial charge in [0.25, 0.3) is 5.89 Å². The molecule has 0 aliphatic rings. The minimum Gasteiger partial charge on any atom is -0.369 e. The number of fused-ring (bicyclic) bond motifs is 1. The van der Waals surface area contributed by atoms with Crippen LogP contribution in [0.2, 0.25) is 5.02 Å². The van der Waals surface area contributed by atoms with Gasteiger partial charge in [-0.15, -0.1) is 0 Å². The first-order valence-corrected chi connectivity index (χ1v) is 8.72. The summed E-state index contributed by atoms with van der Waals surface area (Å²) < 4.78 is 7.37. The van der Waals surface area contributed by atoms with Gasteiger partial charge in [0.15, 0.2) is 5.82 Å². The Kier molecular flexibility index (Phi) is 4.34. The van der Waals surface area contributed by atoms with E-state index in [9.17, 15) is 0 Å². The SMILES string of the molecule is Cc1noc(-c2cccnc2NCCc2cn(C)c3cc(Cl)ccc23)n1. The van der Waals surface area contributed by atoms with E-state index >= 15 is 0 Å². The van der Waals surface area contributed by atoms with Gasteiger partial charge >= 0.3 is 0 Å². The third-order valence-electron chi connectivity index (χ3n) is 4.29. The molecular formula is C19H18ClN5O. The number of anilines is 1. The molecule has 6 nitrogen and oxygen atoms in total. The van der Waals surface area contributed by atoms with E-state index in [0.29, 0.717) is 11.7 Å². The van der Waals surface area contributed by atoms with E-state index in [1.807, 2.05) is 31.3 Å². The first-order chi connectivity index (χ1) is 12.6. The minimum atomic E-state index is 0.470. The molecule has 0 fully saturated rings. The molecule has 3 heterocycles. The van der Waals surface area contributed by atoms with Crippen molar-refractivity contribution in [2.24, 2.45) is 7.05 Å². The molecule has 1 N–H and O–H groups in total. The largest absolute Gasteiger partial charge is 0.369 e. The van der Waals surface area contributed by atoms with E-state index in [4.69, 9.17) is 16.1 Å². The smallest absolute Gasteiger partial charge is 0.261 e. The van der Waals surface area contributed by atoms with Crippen molar-refractivity contribution in [3.63, 3.8) is 0 Å². The van der Waals surface area contributed by atoms with Crippen LogP contribution in [0.15, 0.2) is 47.2 Å². The number of aryl methyl sites for hydroxylation is 2. The van der Waals surface area contributed by atoms with Crippen molar-refractivity contribution in [1.29, 1.82) is 0 Å². The zero-order valence-electron chi connectivity index (χ0n) is 14.5. The Hall–Kier alpha value is -2.86. The second-order valence-corrected chi connectivity index (χ2v) is 6.59. The standard InChI is InChI=1S/C19H18ClN5O/c1-12-23-19(26-24-12)16-4-3-8-21-18(16)22-9-7-13-11-25(2)17-10-14(20)5-6-15(13)17/h3-6,8,10-11H,7,9H2,1-2H3,(H,21,22). The van der Waals surface area contributed by atoms with Gasteiger partial charge in [-0.25, -0.2) is 4.98 Å². The lowest BCUT2D eigenvalue weighted by atomic mass is 10.1. The van der Waals surface area contributed by atoms with Crippen LogP contribution in [0.5, 0.6) is 0 Å². The van der Waals surface area contributed by atoms with Crippen LogP contribution in [0.25, 0.3) is 22.4 Å².